The fourth-order valence-electron chi connectivity index (χ4n) is 1.96. The van der Waals surface area contributed by atoms with Crippen LogP contribution in [0.3, 0.4) is 0 Å². The van der Waals surface area contributed by atoms with E-state index >= 15 is 0 Å². The maximum absolute atomic E-state index is 12.0. The second-order valence-corrected chi connectivity index (χ2v) is 4.85. The lowest BCUT2D eigenvalue weighted by Crippen LogP contribution is -2.34. The fourth-order valence-corrected chi connectivity index (χ4v) is 1.96. The molecule has 0 heterocycles. The van der Waals surface area contributed by atoms with Crippen molar-refractivity contribution < 1.29 is 14.6 Å². The predicted molar refractivity (Wildman–Crippen MR) is 72.6 cm³/mol. The second-order valence-electron chi connectivity index (χ2n) is 4.85. The van der Waals surface area contributed by atoms with E-state index in [2.05, 4.69) is 17.3 Å². The number of ether oxygens (including phenoxy) is 1. The molecule has 0 atom stereocenters. The van der Waals surface area contributed by atoms with E-state index in [-0.39, 0.29) is 17.2 Å². The van der Waals surface area contributed by atoms with Gasteiger partial charge in [-0.15, -0.1) is 0 Å². The van der Waals surface area contributed by atoms with Gasteiger partial charge in [0.15, 0.2) is 0 Å². The van der Waals surface area contributed by atoms with Crippen LogP contribution in [0, 0.1) is 0 Å². The third-order valence-electron chi connectivity index (χ3n) is 3.37. The zero-order valence-electron chi connectivity index (χ0n) is 11.3. The van der Waals surface area contributed by atoms with Crippen LogP contribution in [-0.4, -0.2) is 49.2 Å². The van der Waals surface area contributed by atoms with Crippen LogP contribution >= 0.6 is 0 Å². The van der Waals surface area contributed by atoms with Gasteiger partial charge in [-0.2, -0.15) is 0 Å². The molecule has 0 aromatic heterocycles. The molecule has 1 aliphatic carbocycles. The summed E-state index contributed by atoms with van der Waals surface area (Å²) in [6.07, 6.45) is 2.50. The summed E-state index contributed by atoms with van der Waals surface area (Å²) in [5.41, 5.74) is 0.244. The van der Waals surface area contributed by atoms with Gasteiger partial charge in [0.05, 0.1) is 12.7 Å². The highest BCUT2D eigenvalue weighted by molar-refractivity contribution is 5.97. The monoisotopic (exact) mass is 264 g/mol. The number of carbonyl (C=O) groups is 1. The van der Waals surface area contributed by atoms with E-state index in [4.69, 9.17) is 4.74 Å². The molecule has 0 unspecified atom stereocenters. The number of benzene rings is 1. The molecule has 0 radical (unpaired) electrons. The van der Waals surface area contributed by atoms with Crippen molar-refractivity contribution in [1.29, 1.82) is 0 Å². The number of aromatic hydroxyl groups is 1. The molecular formula is C14H20N2O3. The molecule has 1 aliphatic rings. The summed E-state index contributed by atoms with van der Waals surface area (Å²) in [4.78, 5) is 14.2. The number of rotatable bonds is 6. The van der Waals surface area contributed by atoms with Crippen molar-refractivity contribution >= 4 is 5.91 Å². The second kappa shape index (κ2) is 5.93. The normalized spacial score (nSPS) is 14.5. The van der Waals surface area contributed by atoms with Gasteiger partial charge in [0.1, 0.15) is 11.5 Å². The zero-order valence-corrected chi connectivity index (χ0v) is 11.3. The van der Waals surface area contributed by atoms with Crippen LogP contribution in [0.2, 0.25) is 0 Å². The molecule has 104 valence electrons. The average Bonchev–Trinajstić information content (AvgIpc) is 3.23. The molecule has 2 N–H and O–H groups in total. The SMILES string of the molecule is COc1ccc(O)c(C(=O)NCCN(C)C2CC2)c1. The van der Waals surface area contributed by atoms with Crippen LogP contribution in [-0.2, 0) is 0 Å². The minimum atomic E-state index is -0.277. The van der Waals surface area contributed by atoms with Crippen molar-refractivity contribution in [3.05, 3.63) is 23.8 Å². The Kier molecular flexibility index (Phi) is 4.27. The number of hydrogen-bond acceptors (Lipinski definition) is 4. The highest BCUT2D eigenvalue weighted by Gasteiger charge is 2.25. The summed E-state index contributed by atoms with van der Waals surface area (Å²) in [5, 5.41) is 12.5. The number of phenolic OH excluding ortho intramolecular Hbond substituents is 1. The average molecular weight is 264 g/mol. The zero-order chi connectivity index (χ0) is 13.8. The summed E-state index contributed by atoms with van der Waals surface area (Å²) >= 11 is 0. The maximum atomic E-state index is 12.0. The lowest BCUT2D eigenvalue weighted by Gasteiger charge is -2.16. The third-order valence-corrected chi connectivity index (χ3v) is 3.37. The van der Waals surface area contributed by atoms with Crippen LogP contribution in [0.15, 0.2) is 18.2 Å². The van der Waals surface area contributed by atoms with E-state index in [1.807, 2.05) is 0 Å². The molecule has 0 spiro atoms. The van der Waals surface area contributed by atoms with E-state index in [1.54, 1.807) is 6.07 Å². The molecule has 1 aromatic rings. The number of carbonyl (C=O) groups excluding carboxylic acids is 1. The van der Waals surface area contributed by atoms with Crippen molar-refractivity contribution in [3.63, 3.8) is 0 Å². The Morgan fingerprint density at radius 3 is 2.89 bits per heavy atom. The third kappa shape index (κ3) is 3.61. The van der Waals surface area contributed by atoms with Crippen LogP contribution in [0.5, 0.6) is 11.5 Å². The molecule has 0 aliphatic heterocycles. The first-order valence-corrected chi connectivity index (χ1v) is 6.47. The van der Waals surface area contributed by atoms with Crippen LogP contribution in [0.25, 0.3) is 0 Å². The Morgan fingerprint density at radius 1 is 1.53 bits per heavy atom. The van der Waals surface area contributed by atoms with E-state index in [9.17, 15) is 9.90 Å². The van der Waals surface area contributed by atoms with Gasteiger partial charge in [0.25, 0.3) is 5.91 Å². The summed E-state index contributed by atoms with van der Waals surface area (Å²) in [5.74, 6) is 0.243. The molecule has 2 rings (SSSR count). The number of likely N-dealkylation sites (N-methyl/N-ethyl adjacent to an activating group) is 1. The topological polar surface area (TPSA) is 61.8 Å². The first-order valence-electron chi connectivity index (χ1n) is 6.47. The Hall–Kier alpha value is -1.75. The molecule has 5 nitrogen and oxygen atoms in total. The van der Waals surface area contributed by atoms with Gasteiger partial charge in [-0.3, -0.25) is 4.79 Å². The Balaban J connectivity index is 1.88. The lowest BCUT2D eigenvalue weighted by molar-refractivity contribution is 0.0946. The van der Waals surface area contributed by atoms with E-state index < -0.39 is 0 Å². The molecule has 5 heteroatoms. The number of nitrogens with one attached hydrogen (secondary N) is 1. The minimum Gasteiger partial charge on any atom is -0.507 e. The van der Waals surface area contributed by atoms with E-state index in [0.29, 0.717) is 18.3 Å². The van der Waals surface area contributed by atoms with Crippen LogP contribution in [0.1, 0.15) is 23.2 Å². The number of phenols is 1. The largest absolute Gasteiger partial charge is 0.507 e. The van der Waals surface area contributed by atoms with Crippen molar-refractivity contribution in [2.75, 3.05) is 27.2 Å². The van der Waals surface area contributed by atoms with Crippen molar-refractivity contribution in [2.24, 2.45) is 0 Å². The van der Waals surface area contributed by atoms with Crippen molar-refractivity contribution in [1.82, 2.24) is 10.2 Å². The van der Waals surface area contributed by atoms with Gasteiger partial charge in [-0.05, 0) is 38.1 Å². The minimum absolute atomic E-state index is 0.0335. The number of methoxy groups -OCH3 is 1. The summed E-state index contributed by atoms with van der Waals surface area (Å²) in [6.45, 7) is 1.39. The van der Waals surface area contributed by atoms with Gasteiger partial charge in [0, 0.05) is 19.1 Å². The predicted octanol–water partition coefficient (Wildman–Crippen LogP) is 1.22. The summed E-state index contributed by atoms with van der Waals surface area (Å²) in [6, 6.07) is 5.30. The van der Waals surface area contributed by atoms with Crippen molar-refractivity contribution in [2.45, 2.75) is 18.9 Å². The molecule has 1 saturated carbocycles. The van der Waals surface area contributed by atoms with Crippen LogP contribution < -0.4 is 10.1 Å². The molecule has 1 aromatic carbocycles. The summed E-state index contributed by atoms with van der Waals surface area (Å²) < 4.78 is 5.04. The standard InChI is InChI=1S/C14H20N2O3/c1-16(10-3-4-10)8-7-15-14(18)12-9-11(19-2)5-6-13(12)17/h5-6,9-10,17H,3-4,7-8H2,1-2H3,(H,15,18). The molecule has 1 fully saturated rings. The van der Waals surface area contributed by atoms with Gasteiger partial charge < -0.3 is 20.1 Å². The fraction of sp³-hybridized carbons (Fsp3) is 0.500. The number of amides is 1. The first kappa shape index (κ1) is 13.7. The molecule has 0 bridgehead atoms. The van der Waals surface area contributed by atoms with Gasteiger partial charge in [-0.1, -0.05) is 0 Å². The van der Waals surface area contributed by atoms with Gasteiger partial charge in [0.2, 0.25) is 0 Å². The van der Waals surface area contributed by atoms with E-state index in [0.717, 1.165) is 6.54 Å². The summed E-state index contributed by atoms with van der Waals surface area (Å²) in [7, 11) is 3.59. The molecule has 0 saturated heterocycles. The van der Waals surface area contributed by atoms with Crippen molar-refractivity contribution in [3.8, 4) is 11.5 Å². The van der Waals surface area contributed by atoms with Gasteiger partial charge >= 0.3 is 0 Å². The molecule has 19 heavy (non-hydrogen) atoms. The van der Waals surface area contributed by atoms with Gasteiger partial charge in [-0.25, -0.2) is 0 Å². The van der Waals surface area contributed by atoms with E-state index in [1.165, 1.54) is 32.1 Å². The molecular weight excluding hydrogens is 244 g/mol. The first-order chi connectivity index (χ1) is 9.11. The quantitative estimate of drug-likeness (QED) is 0.811. The highest BCUT2D eigenvalue weighted by Crippen LogP contribution is 2.25. The number of nitrogens with zero attached hydrogens (tertiary/aromatic N) is 1. The Bertz CT molecular complexity index is 458. The Labute approximate surface area is 113 Å². The molecule has 1 amide bonds. The Morgan fingerprint density at radius 2 is 2.26 bits per heavy atom. The maximum Gasteiger partial charge on any atom is 0.255 e. The highest BCUT2D eigenvalue weighted by atomic mass is 16.5. The smallest absolute Gasteiger partial charge is 0.255 e. The number of hydrogen-bond donors (Lipinski definition) is 2. The lowest BCUT2D eigenvalue weighted by atomic mass is 10.1. The van der Waals surface area contributed by atoms with Crippen LogP contribution in [0.4, 0.5) is 0 Å².